The zero-order valence-electron chi connectivity index (χ0n) is 11.3. The van der Waals surface area contributed by atoms with Crippen LogP contribution >= 0.6 is 23.2 Å². The number of fused-ring (bicyclic) bond motifs is 1. The van der Waals surface area contributed by atoms with E-state index in [9.17, 15) is 4.39 Å². The first-order valence-corrected chi connectivity index (χ1v) is 7.24. The molecule has 0 saturated heterocycles. The van der Waals surface area contributed by atoms with Gasteiger partial charge in [0.05, 0.1) is 21.4 Å². The smallest absolute Gasteiger partial charge is 0.144 e. The summed E-state index contributed by atoms with van der Waals surface area (Å²) in [4.78, 5) is 4.48. The van der Waals surface area contributed by atoms with Crippen LogP contribution in [0.5, 0.6) is 0 Å². The van der Waals surface area contributed by atoms with E-state index in [2.05, 4.69) is 18.8 Å². The molecule has 2 unspecified atom stereocenters. The molecule has 0 spiro atoms. The number of aromatic nitrogens is 2. The van der Waals surface area contributed by atoms with Gasteiger partial charge in [-0.1, -0.05) is 31.9 Å². The molecule has 0 bridgehead atoms. The zero-order valence-corrected chi connectivity index (χ0v) is 12.8. The second kappa shape index (κ2) is 5.68. The van der Waals surface area contributed by atoms with Gasteiger partial charge in [0.25, 0.3) is 0 Å². The van der Waals surface area contributed by atoms with Crippen molar-refractivity contribution in [3.8, 4) is 0 Å². The SMILES string of the molecule is CCC(C)Cn1c(C(C)Cl)nc2cc(Cl)c(F)cc21. The van der Waals surface area contributed by atoms with Gasteiger partial charge >= 0.3 is 0 Å². The lowest BCUT2D eigenvalue weighted by Gasteiger charge is -2.14. The molecule has 5 heteroatoms. The van der Waals surface area contributed by atoms with Gasteiger partial charge in [-0.25, -0.2) is 9.37 Å². The number of alkyl halides is 1. The number of imidazole rings is 1. The Morgan fingerprint density at radius 3 is 2.63 bits per heavy atom. The normalized spacial score (nSPS) is 14.8. The van der Waals surface area contributed by atoms with Crippen molar-refractivity contribution in [2.75, 3.05) is 0 Å². The summed E-state index contributed by atoms with van der Waals surface area (Å²) in [5, 5.41) is -0.132. The molecule has 19 heavy (non-hydrogen) atoms. The highest BCUT2D eigenvalue weighted by atomic mass is 35.5. The number of benzene rings is 1. The molecule has 0 N–H and O–H groups in total. The highest BCUT2D eigenvalue weighted by Crippen LogP contribution is 2.29. The third-order valence-corrected chi connectivity index (χ3v) is 3.85. The van der Waals surface area contributed by atoms with Crippen LogP contribution in [0, 0.1) is 11.7 Å². The van der Waals surface area contributed by atoms with Crippen molar-refractivity contribution in [1.82, 2.24) is 9.55 Å². The quantitative estimate of drug-likeness (QED) is 0.712. The van der Waals surface area contributed by atoms with Gasteiger partial charge in [-0.05, 0) is 18.9 Å². The van der Waals surface area contributed by atoms with Crippen LogP contribution in [0.4, 0.5) is 4.39 Å². The molecule has 0 amide bonds. The molecule has 0 aliphatic rings. The maximum Gasteiger partial charge on any atom is 0.144 e. The first-order chi connectivity index (χ1) is 8.93. The van der Waals surface area contributed by atoms with E-state index < -0.39 is 5.82 Å². The van der Waals surface area contributed by atoms with Crippen LogP contribution in [-0.2, 0) is 6.54 Å². The molecular formula is C14H17Cl2FN2. The summed E-state index contributed by atoms with van der Waals surface area (Å²) in [5.41, 5.74) is 1.45. The lowest BCUT2D eigenvalue weighted by atomic mass is 10.1. The van der Waals surface area contributed by atoms with E-state index >= 15 is 0 Å². The Hall–Kier alpha value is -0.800. The number of nitrogens with zero attached hydrogens (tertiary/aromatic N) is 2. The monoisotopic (exact) mass is 302 g/mol. The summed E-state index contributed by atoms with van der Waals surface area (Å²) in [7, 11) is 0. The van der Waals surface area contributed by atoms with Gasteiger partial charge in [-0.2, -0.15) is 0 Å². The van der Waals surface area contributed by atoms with Gasteiger partial charge in [0.1, 0.15) is 11.6 Å². The van der Waals surface area contributed by atoms with Crippen molar-refractivity contribution in [1.29, 1.82) is 0 Å². The van der Waals surface area contributed by atoms with Crippen LogP contribution < -0.4 is 0 Å². The Morgan fingerprint density at radius 2 is 2.05 bits per heavy atom. The van der Waals surface area contributed by atoms with Crippen molar-refractivity contribution in [2.24, 2.45) is 5.92 Å². The fraction of sp³-hybridized carbons (Fsp3) is 0.500. The van der Waals surface area contributed by atoms with Gasteiger partial charge in [-0.15, -0.1) is 11.6 Å². The molecule has 2 atom stereocenters. The molecule has 1 heterocycles. The maximum atomic E-state index is 13.7. The fourth-order valence-electron chi connectivity index (χ4n) is 2.08. The fourth-order valence-corrected chi connectivity index (χ4v) is 2.40. The molecule has 104 valence electrons. The largest absolute Gasteiger partial charge is 0.326 e. The lowest BCUT2D eigenvalue weighted by molar-refractivity contribution is 0.465. The molecule has 0 radical (unpaired) electrons. The summed E-state index contributed by atoms with van der Waals surface area (Å²) >= 11 is 12.0. The van der Waals surface area contributed by atoms with Crippen LogP contribution in [0.2, 0.25) is 5.02 Å². The molecule has 1 aromatic carbocycles. The summed E-state index contributed by atoms with van der Waals surface area (Å²) in [6, 6.07) is 3.00. The minimum atomic E-state index is -0.423. The van der Waals surface area contributed by atoms with E-state index in [0.29, 0.717) is 11.4 Å². The van der Waals surface area contributed by atoms with E-state index in [-0.39, 0.29) is 10.4 Å². The zero-order chi connectivity index (χ0) is 14.2. The number of rotatable bonds is 4. The van der Waals surface area contributed by atoms with E-state index in [1.807, 2.05) is 11.5 Å². The predicted octanol–water partition coefficient (Wildman–Crippen LogP) is 5.17. The van der Waals surface area contributed by atoms with Crippen molar-refractivity contribution < 1.29 is 4.39 Å². The summed E-state index contributed by atoms with van der Waals surface area (Å²) < 4.78 is 15.7. The Balaban J connectivity index is 2.62. The minimum absolute atomic E-state index is 0.0921. The number of halogens is 3. The molecule has 2 rings (SSSR count). The second-order valence-electron chi connectivity index (χ2n) is 4.97. The topological polar surface area (TPSA) is 17.8 Å². The van der Waals surface area contributed by atoms with Crippen LogP contribution in [0.15, 0.2) is 12.1 Å². The van der Waals surface area contributed by atoms with E-state index in [1.54, 1.807) is 6.07 Å². The van der Waals surface area contributed by atoms with Gasteiger partial charge in [0, 0.05) is 12.6 Å². The highest BCUT2D eigenvalue weighted by Gasteiger charge is 2.18. The first-order valence-electron chi connectivity index (χ1n) is 6.43. The van der Waals surface area contributed by atoms with Crippen LogP contribution in [0.3, 0.4) is 0 Å². The molecule has 0 fully saturated rings. The van der Waals surface area contributed by atoms with Crippen LogP contribution in [0.1, 0.15) is 38.4 Å². The van der Waals surface area contributed by atoms with Crippen molar-refractivity contribution in [3.63, 3.8) is 0 Å². The summed E-state index contributed by atoms with van der Waals surface area (Å²) in [6.07, 6.45) is 1.05. The average Bonchev–Trinajstić information content (AvgIpc) is 2.68. The standard InChI is InChI=1S/C14H17Cl2FN2/c1-4-8(2)7-19-13-6-11(17)10(16)5-12(13)18-14(19)9(3)15/h5-6,8-9H,4,7H2,1-3H3. The van der Waals surface area contributed by atoms with Crippen LogP contribution in [0.25, 0.3) is 11.0 Å². The molecule has 0 aliphatic heterocycles. The average molecular weight is 303 g/mol. The van der Waals surface area contributed by atoms with Crippen molar-refractivity contribution in [2.45, 2.75) is 39.1 Å². The van der Waals surface area contributed by atoms with Crippen molar-refractivity contribution in [3.05, 3.63) is 28.8 Å². The molecule has 2 nitrogen and oxygen atoms in total. The Kier molecular flexibility index (Phi) is 4.36. The number of hydrogen-bond donors (Lipinski definition) is 0. The highest BCUT2D eigenvalue weighted by molar-refractivity contribution is 6.31. The van der Waals surface area contributed by atoms with Gasteiger partial charge < -0.3 is 4.57 Å². The van der Waals surface area contributed by atoms with Crippen molar-refractivity contribution >= 4 is 34.2 Å². The third kappa shape index (κ3) is 2.87. The molecule has 1 aromatic heterocycles. The second-order valence-corrected chi connectivity index (χ2v) is 6.03. The minimum Gasteiger partial charge on any atom is -0.326 e. The van der Waals surface area contributed by atoms with E-state index in [0.717, 1.165) is 24.3 Å². The Bertz CT molecular complexity index is 593. The predicted molar refractivity (Wildman–Crippen MR) is 78.4 cm³/mol. The Morgan fingerprint density at radius 1 is 1.37 bits per heavy atom. The van der Waals surface area contributed by atoms with E-state index in [4.69, 9.17) is 23.2 Å². The number of hydrogen-bond acceptors (Lipinski definition) is 1. The van der Waals surface area contributed by atoms with Gasteiger partial charge in [0.2, 0.25) is 0 Å². The van der Waals surface area contributed by atoms with E-state index in [1.165, 1.54) is 6.07 Å². The third-order valence-electron chi connectivity index (χ3n) is 3.37. The van der Waals surface area contributed by atoms with Gasteiger partial charge in [-0.3, -0.25) is 0 Å². The molecule has 2 aromatic rings. The summed E-state index contributed by atoms with van der Waals surface area (Å²) in [5.74, 6) is 0.817. The Labute approximate surface area is 122 Å². The first kappa shape index (κ1) is 14.6. The molecule has 0 aliphatic carbocycles. The molecule has 0 saturated carbocycles. The lowest BCUT2D eigenvalue weighted by Crippen LogP contribution is -2.10. The molecular weight excluding hydrogens is 286 g/mol. The summed E-state index contributed by atoms with van der Waals surface area (Å²) in [6.45, 7) is 6.93. The van der Waals surface area contributed by atoms with Gasteiger partial charge in [0.15, 0.2) is 0 Å². The maximum absolute atomic E-state index is 13.7. The van der Waals surface area contributed by atoms with Crippen LogP contribution in [-0.4, -0.2) is 9.55 Å².